The molecule has 0 radical (unpaired) electrons. The van der Waals surface area contributed by atoms with E-state index in [1.807, 2.05) is 12.4 Å². The molecule has 3 aromatic rings. The van der Waals surface area contributed by atoms with Crippen molar-refractivity contribution in [1.82, 2.24) is 29.8 Å². The van der Waals surface area contributed by atoms with Gasteiger partial charge >= 0.3 is 0 Å². The van der Waals surface area contributed by atoms with Crippen molar-refractivity contribution in [3.05, 3.63) is 18.7 Å². The second-order valence-electron chi connectivity index (χ2n) is 7.48. The molecule has 1 saturated carbocycles. The molecule has 2 N–H and O–H groups in total. The quantitative estimate of drug-likeness (QED) is 0.731. The molecule has 134 valence electrons. The monoisotopic (exact) mass is 352 g/mol. The first kappa shape index (κ1) is 14.5. The summed E-state index contributed by atoms with van der Waals surface area (Å²) in [6.45, 7) is 2.57. The van der Waals surface area contributed by atoms with Gasteiger partial charge in [-0.1, -0.05) is 0 Å². The molecule has 3 aliphatic heterocycles. The highest BCUT2D eigenvalue weighted by atomic mass is 16.5. The molecule has 7 rings (SSSR count). The van der Waals surface area contributed by atoms with Gasteiger partial charge in [0.15, 0.2) is 5.65 Å². The number of aromatic nitrogens is 6. The van der Waals surface area contributed by atoms with Gasteiger partial charge in [0, 0.05) is 31.0 Å². The van der Waals surface area contributed by atoms with Gasteiger partial charge in [0.2, 0.25) is 5.95 Å². The van der Waals surface area contributed by atoms with Gasteiger partial charge in [0.25, 0.3) is 0 Å². The van der Waals surface area contributed by atoms with E-state index in [1.54, 1.807) is 10.8 Å². The van der Waals surface area contributed by atoms with Crippen LogP contribution in [-0.2, 0) is 4.74 Å². The number of hydrogen-bond donors (Lipinski definition) is 2. The number of rotatable bonds is 4. The van der Waals surface area contributed by atoms with Crippen LogP contribution in [0.1, 0.15) is 19.3 Å². The van der Waals surface area contributed by atoms with E-state index in [0.29, 0.717) is 18.6 Å². The van der Waals surface area contributed by atoms with Crippen LogP contribution >= 0.6 is 0 Å². The fourth-order valence-electron chi connectivity index (χ4n) is 4.40. The second kappa shape index (κ2) is 5.41. The molecule has 0 spiro atoms. The minimum absolute atomic E-state index is 0.275. The predicted molar refractivity (Wildman–Crippen MR) is 95.1 cm³/mol. The molecule has 1 aliphatic carbocycles. The maximum Gasteiger partial charge on any atom is 0.243 e. The van der Waals surface area contributed by atoms with E-state index in [2.05, 4.69) is 25.5 Å². The zero-order valence-corrected chi connectivity index (χ0v) is 14.3. The topological polar surface area (TPSA) is 96.3 Å². The number of ether oxygens (including phenoxy) is 1. The molecule has 9 heteroatoms. The summed E-state index contributed by atoms with van der Waals surface area (Å²) in [4.78, 5) is 12.0. The van der Waals surface area contributed by atoms with Crippen molar-refractivity contribution in [3.8, 4) is 11.3 Å². The lowest BCUT2D eigenvalue weighted by Crippen LogP contribution is -2.29. The Balaban J connectivity index is 1.47. The summed E-state index contributed by atoms with van der Waals surface area (Å²) in [5.74, 6) is 1.44. The largest absolute Gasteiger partial charge is 0.379 e. The molecule has 9 nitrogen and oxygen atoms in total. The molecule has 26 heavy (non-hydrogen) atoms. The number of fused-ring (bicyclic) bond motifs is 2. The molecule has 3 saturated heterocycles. The summed E-state index contributed by atoms with van der Waals surface area (Å²) in [7, 11) is 0. The molecule has 0 unspecified atom stereocenters. The number of anilines is 2. The van der Waals surface area contributed by atoms with Gasteiger partial charge in [0.05, 0.1) is 18.8 Å². The van der Waals surface area contributed by atoms with E-state index in [1.165, 1.54) is 12.8 Å². The minimum Gasteiger partial charge on any atom is -0.379 e. The van der Waals surface area contributed by atoms with Crippen LogP contribution < -0.4 is 10.2 Å². The number of nitrogens with zero attached hydrogens (tertiary/aromatic N) is 6. The molecule has 0 aromatic carbocycles. The first-order valence-corrected chi connectivity index (χ1v) is 9.20. The first-order chi connectivity index (χ1) is 12.8. The Morgan fingerprint density at radius 3 is 3.00 bits per heavy atom. The highest BCUT2D eigenvalue weighted by Gasteiger charge is 2.44. The van der Waals surface area contributed by atoms with Gasteiger partial charge in [-0.2, -0.15) is 14.6 Å². The molecule has 6 heterocycles. The Morgan fingerprint density at radius 1 is 1.31 bits per heavy atom. The highest BCUT2D eigenvalue weighted by Crippen LogP contribution is 2.46. The summed E-state index contributed by atoms with van der Waals surface area (Å²) in [5.41, 5.74) is 3.82. The lowest BCUT2D eigenvalue weighted by molar-refractivity contribution is 0.195. The van der Waals surface area contributed by atoms with Crippen molar-refractivity contribution >= 4 is 17.3 Å². The van der Waals surface area contributed by atoms with Gasteiger partial charge in [-0.25, -0.2) is 4.98 Å². The fraction of sp³-hybridized carbons (Fsp3) is 0.529. The third-order valence-electron chi connectivity index (χ3n) is 5.79. The van der Waals surface area contributed by atoms with Crippen LogP contribution in [0.4, 0.5) is 11.6 Å². The van der Waals surface area contributed by atoms with Crippen LogP contribution in [0, 0.1) is 5.92 Å². The van der Waals surface area contributed by atoms with Crippen molar-refractivity contribution < 1.29 is 4.74 Å². The second-order valence-corrected chi connectivity index (χ2v) is 7.48. The summed E-state index contributed by atoms with van der Waals surface area (Å²) in [6, 6.07) is 0.867. The minimum atomic E-state index is 0.275. The van der Waals surface area contributed by atoms with Crippen LogP contribution in [0.3, 0.4) is 0 Å². The van der Waals surface area contributed by atoms with Gasteiger partial charge < -0.3 is 15.0 Å². The van der Waals surface area contributed by atoms with Crippen molar-refractivity contribution in [2.75, 3.05) is 30.0 Å². The average molecular weight is 352 g/mol. The highest BCUT2D eigenvalue weighted by molar-refractivity contribution is 5.85. The number of nitrogens with one attached hydrogen (secondary N) is 2. The SMILES string of the molecule is c1n[nH]cc1-c1ncn2nc(N[C@H]3CCOC3)nc2c1N1CC2CC1C2. The Labute approximate surface area is 149 Å². The fourth-order valence-corrected chi connectivity index (χ4v) is 4.40. The molecule has 0 amide bonds. The Hall–Kier alpha value is -2.68. The zero-order valence-electron chi connectivity index (χ0n) is 14.3. The Kier molecular flexibility index (Phi) is 3.01. The average Bonchev–Trinajstić information content (AvgIpc) is 3.38. The number of H-pyrrole nitrogens is 1. The first-order valence-electron chi connectivity index (χ1n) is 9.20. The van der Waals surface area contributed by atoms with Gasteiger partial charge in [0.1, 0.15) is 17.7 Å². The normalized spacial score (nSPS) is 27.2. The summed E-state index contributed by atoms with van der Waals surface area (Å²) < 4.78 is 7.22. The third-order valence-corrected chi connectivity index (χ3v) is 5.79. The van der Waals surface area contributed by atoms with Crippen LogP contribution in [0.2, 0.25) is 0 Å². The zero-order chi connectivity index (χ0) is 17.1. The molecule has 2 bridgehead atoms. The van der Waals surface area contributed by atoms with Crippen molar-refractivity contribution in [3.63, 3.8) is 0 Å². The lowest BCUT2D eigenvalue weighted by atomic mass is 9.86. The summed E-state index contributed by atoms with van der Waals surface area (Å²) >= 11 is 0. The van der Waals surface area contributed by atoms with E-state index in [0.717, 1.165) is 48.1 Å². The molecular formula is C17H20N8O. The molecule has 3 aromatic heterocycles. The van der Waals surface area contributed by atoms with Crippen molar-refractivity contribution in [1.29, 1.82) is 0 Å². The Bertz CT molecular complexity index is 939. The van der Waals surface area contributed by atoms with Crippen LogP contribution in [0.15, 0.2) is 18.7 Å². The molecule has 4 aliphatic rings. The van der Waals surface area contributed by atoms with Crippen LogP contribution in [0.25, 0.3) is 16.9 Å². The van der Waals surface area contributed by atoms with Gasteiger partial charge in [-0.3, -0.25) is 5.10 Å². The maximum absolute atomic E-state index is 5.44. The van der Waals surface area contributed by atoms with Gasteiger partial charge in [-0.15, -0.1) is 5.10 Å². The number of aromatic amines is 1. The smallest absolute Gasteiger partial charge is 0.243 e. The van der Waals surface area contributed by atoms with Crippen molar-refractivity contribution in [2.24, 2.45) is 5.92 Å². The maximum atomic E-state index is 5.44. The van der Waals surface area contributed by atoms with Crippen LogP contribution in [-0.4, -0.2) is 61.6 Å². The van der Waals surface area contributed by atoms with Gasteiger partial charge in [-0.05, 0) is 25.2 Å². The van der Waals surface area contributed by atoms with Crippen LogP contribution in [0.5, 0.6) is 0 Å². The third kappa shape index (κ3) is 2.13. The van der Waals surface area contributed by atoms with E-state index < -0.39 is 0 Å². The van der Waals surface area contributed by atoms with E-state index in [-0.39, 0.29) is 6.04 Å². The summed E-state index contributed by atoms with van der Waals surface area (Å²) in [5, 5.41) is 15.0. The standard InChI is InChI=1S/C17H20N8O/c1-2-26-8-12(1)21-17-22-16-15(24-7-10-3-13(24)4-10)14(11-5-19-20-6-11)18-9-25(16)23-17/h5-6,9-10,12-13H,1-4,7-8H2,(H,19,20)(H,21,23)/t10?,12-,13?/m0/s1. The van der Waals surface area contributed by atoms with E-state index in [9.17, 15) is 0 Å². The molecule has 4 fully saturated rings. The molecular weight excluding hydrogens is 332 g/mol. The molecule has 1 atom stereocenters. The van der Waals surface area contributed by atoms with Crippen molar-refractivity contribution in [2.45, 2.75) is 31.3 Å². The predicted octanol–water partition coefficient (Wildman–Crippen LogP) is 1.31. The van der Waals surface area contributed by atoms with E-state index >= 15 is 0 Å². The number of hydrogen-bond acceptors (Lipinski definition) is 7. The Morgan fingerprint density at radius 2 is 2.27 bits per heavy atom. The summed E-state index contributed by atoms with van der Waals surface area (Å²) in [6.07, 6.45) is 8.96. The van der Waals surface area contributed by atoms with E-state index in [4.69, 9.17) is 14.7 Å². The lowest BCUT2D eigenvalue weighted by Gasteiger charge is -2.28.